The van der Waals surface area contributed by atoms with Gasteiger partial charge in [-0.3, -0.25) is 4.79 Å². The molecular weight excluding hydrogens is 284 g/mol. The molecule has 0 saturated heterocycles. The van der Waals surface area contributed by atoms with E-state index in [1.807, 2.05) is 6.07 Å². The summed E-state index contributed by atoms with van der Waals surface area (Å²) >= 11 is 0. The van der Waals surface area contributed by atoms with Crippen LogP contribution in [0.15, 0.2) is 48.5 Å². The van der Waals surface area contributed by atoms with Crippen molar-refractivity contribution < 1.29 is 13.6 Å². The Kier molecular flexibility index (Phi) is 4.18. The highest BCUT2D eigenvalue weighted by Gasteiger charge is 2.32. The molecule has 1 amide bonds. The van der Waals surface area contributed by atoms with Crippen LogP contribution in [-0.2, 0) is 17.8 Å². The van der Waals surface area contributed by atoms with Gasteiger partial charge in [0.1, 0.15) is 11.6 Å². The quantitative estimate of drug-likeness (QED) is 0.824. The highest BCUT2D eigenvalue weighted by Crippen LogP contribution is 2.29. The summed E-state index contributed by atoms with van der Waals surface area (Å²) in [7, 11) is 0. The summed E-state index contributed by atoms with van der Waals surface area (Å²) in [5.74, 6) is -0.684. The van der Waals surface area contributed by atoms with E-state index in [0.717, 1.165) is 18.4 Å². The molecule has 4 heteroatoms. The number of hydrogen-bond acceptors (Lipinski definition) is 1. The van der Waals surface area contributed by atoms with Gasteiger partial charge in [0.25, 0.3) is 0 Å². The first kappa shape index (κ1) is 14.7. The van der Waals surface area contributed by atoms with Crippen molar-refractivity contribution in [3.63, 3.8) is 0 Å². The maximum Gasteiger partial charge on any atom is 0.227 e. The first-order valence-electron chi connectivity index (χ1n) is 7.40. The lowest BCUT2D eigenvalue weighted by molar-refractivity contribution is -0.131. The van der Waals surface area contributed by atoms with Gasteiger partial charge in [0, 0.05) is 12.6 Å². The Hall–Kier alpha value is -2.23. The molecule has 22 heavy (non-hydrogen) atoms. The second-order valence-electron chi connectivity index (χ2n) is 5.69. The van der Waals surface area contributed by atoms with Crippen LogP contribution in [0.2, 0.25) is 0 Å². The van der Waals surface area contributed by atoms with E-state index in [1.54, 1.807) is 23.1 Å². The number of amides is 1. The third-order valence-electron chi connectivity index (χ3n) is 3.79. The summed E-state index contributed by atoms with van der Waals surface area (Å²) in [5, 5.41) is 0. The highest BCUT2D eigenvalue weighted by molar-refractivity contribution is 5.79. The largest absolute Gasteiger partial charge is 0.335 e. The Balaban J connectivity index is 1.72. The number of benzene rings is 2. The molecule has 2 aromatic rings. The zero-order chi connectivity index (χ0) is 15.5. The summed E-state index contributed by atoms with van der Waals surface area (Å²) < 4.78 is 26.5. The van der Waals surface area contributed by atoms with E-state index in [2.05, 4.69) is 0 Å². The zero-order valence-corrected chi connectivity index (χ0v) is 12.1. The SMILES string of the molecule is O=C(Cc1cccc(F)c1)N(Cc1cccc(F)c1)C1CC1. The third kappa shape index (κ3) is 3.70. The molecule has 2 aromatic carbocycles. The Labute approximate surface area is 128 Å². The molecule has 3 rings (SSSR count). The molecule has 0 aromatic heterocycles. The Morgan fingerprint density at radius 1 is 1.00 bits per heavy atom. The third-order valence-corrected chi connectivity index (χ3v) is 3.79. The molecular formula is C18H17F2NO. The van der Waals surface area contributed by atoms with Crippen LogP contribution in [0.25, 0.3) is 0 Å². The van der Waals surface area contributed by atoms with Crippen molar-refractivity contribution in [3.05, 3.63) is 71.3 Å². The molecule has 0 bridgehead atoms. The Bertz CT molecular complexity index is 682. The van der Waals surface area contributed by atoms with E-state index in [1.165, 1.54) is 24.3 Å². The fourth-order valence-electron chi connectivity index (χ4n) is 2.56. The van der Waals surface area contributed by atoms with E-state index >= 15 is 0 Å². The summed E-state index contributed by atoms with van der Waals surface area (Å²) in [4.78, 5) is 14.3. The van der Waals surface area contributed by atoms with E-state index < -0.39 is 0 Å². The van der Waals surface area contributed by atoms with E-state index in [4.69, 9.17) is 0 Å². The van der Waals surface area contributed by atoms with Crippen molar-refractivity contribution in [3.8, 4) is 0 Å². The number of halogens is 2. The van der Waals surface area contributed by atoms with Gasteiger partial charge in [0.2, 0.25) is 5.91 Å². The van der Waals surface area contributed by atoms with E-state index in [9.17, 15) is 13.6 Å². The molecule has 1 saturated carbocycles. The van der Waals surface area contributed by atoms with Crippen LogP contribution < -0.4 is 0 Å². The average Bonchev–Trinajstić information content (AvgIpc) is 3.29. The van der Waals surface area contributed by atoms with Gasteiger partial charge in [-0.2, -0.15) is 0 Å². The molecule has 0 aliphatic heterocycles. The van der Waals surface area contributed by atoms with Gasteiger partial charge in [-0.25, -0.2) is 8.78 Å². The Morgan fingerprint density at radius 3 is 2.18 bits per heavy atom. The van der Waals surface area contributed by atoms with Crippen LogP contribution in [0.1, 0.15) is 24.0 Å². The summed E-state index contributed by atoms with van der Waals surface area (Å²) in [5.41, 5.74) is 1.44. The molecule has 2 nitrogen and oxygen atoms in total. The second kappa shape index (κ2) is 6.26. The lowest BCUT2D eigenvalue weighted by Crippen LogP contribution is -2.33. The maximum atomic E-state index is 13.3. The van der Waals surface area contributed by atoms with Crippen molar-refractivity contribution in [1.29, 1.82) is 0 Å². The number of rotatable bonds is 5. The molecule has 0 N–H and O–H groups in total. The van der Waals surface area contributed by atoms with Gasteiger partial charge in [-0.1, -0.05) is 24.3 Å². The van der Waals surface area contributed by atoms with Crippen molar-refractivity contribution in [2.75, 3.05) is 0 Å². The number of carbonyl (C=O) groups is 1. The standard InChI is InChI=1S/C18H17F2NO/c19-15-5-1-3-13(9-15)11-18(22)21(17-7-8-17)12-14-4-2-6-16(20)10-14/h1-6,9-10,17H,7-8,11-12H2. The van der Waals surface area contributed by atoms with Crippen molar-refractivity contribution in [1.82, 2.24) is 4.90 Å². The molecule has 1 fully saturated rings. The van der Waals surface area contributed by atoms with Crippen molar-refractivity contribution >= 4 is 5.91 Å². The average molecular weight is 301 g/mol. The fraction of sp³-hybridized carbons (Fsp3) is 0.278. The first-order chi connectivity index (χ1) is 10.6. The van der Waals surface area contributed by atoms with Gasteiger partial charge in [0.05, 0.1) is 6.42 Å². The minimum atomic E-state index is -0.339. The van der Waals surface area contributed by atoms with Gasteiger partial charge >= 0.3 is 0 Å². The van der Waals surface area contributed by atoms with Gasteiger partial charge < -0.3 is 4.90 Å². The molecule has 1 aliphatic rings. The predicted molar refractivity (Wildman–Crippen MR) is 80.1 cm³/mol. The predicted octanol–water partition coefficient (Wildman–Crippen LogP) is 3.70. The molecule has 1 aliphatic carbocycles. The highest BCUT2D eigenvalue weighted by atomic mass is 19.1. The van der Waals surface area contributed by atoms with E-state index in [-0.39, 0.29) is 30.0 Å². The Morgan fingerprint density at radius 2 is 1.59 bits per heavy atom. The second-order valence-corrected chi connectivity index (χ2v) is 5.69. The zero-order valence-electron chi connectivity index (χ0n) is 12.1. The van der Waals surface area contributed by atoms with Crippen LogP contribution in [0.3, 0.4) is 0 Å². The minimum Gasteiger partial charge on any atom is -0.335 e. The van der Waals surface area contributed by atoms with E-state index in [0.29, 0.717) is 12.1 Å². The summed E-state index contributed by atoms with van der Waals surface area (Å²) in [6.07, 6.45) is 2.12. The molecule has 114 valence electrons. The minimum absolute atomic E-state index is 0.0441. The lowest BCUT2D eigenvalue weighted by Gasteiger charge is -2.23. The topological polar surface area (TPSA) is 20.3 Å². The lowest BCUT2D eigenvalue weighted by atomic mass is 10.1. The van der Waals surface area contributed by atoms with Gasteiger partial charge in [0.15, 0.2) is 0 Å². The maximum absolute atomic E-state index is 13.3. The summed E-state index contributed by atoms with van der Waals surface area (Å²) in [6.45, 7) is 0.399. The molecule has 0 radical (unpaired) electrons. The smallest absolute Gasteiger partial charge is 0.227 e. The molecule has 0 atom stereocenters. The van der Waals surface area contributed by atoms with Gasteiger partial charge in [-0.15, -0.1) is 0 Å². The van der Waals surface area contributed by atoms with Crippen molar-refractivity contribution in [2.45, 2.75) is 31.8 Å². The number of carbonyl (C=O) groups excluding carboxylic acids is 1. The van der Waals surface area contributed by atoms with Crippen LogP contribution in [0.4, 0.5) is 8.78 Å². The molecule has 0 spiro atoms. The van der Waals surface area contributed by atoms with Crippen LogP contribution >= 0.6 is 0 Å². The first-order valence-corrected chi connectivity index (χ1v) is 7.40. The van der Waals surface area contributed by atoms with Crippen LogP contribution in [0.5, 0.6) is 0 Å². The monoisotopic (exact) mass is 301 g/mol. The molecule has 0 unspecified atom stereocenters. The van der Waals surface area contributed by atoms with Crippen LogP contribution in [-0.4, -0.2) is 16.8 Å². The van der Waals surface area contributed by atoms with Crippen LogP contribution in [0, 0.1) is 11.6 Å². The van der Waals surface area contributed by atoms with Crippen molar-refractivity contribution in [2.24, 2.45) is 0 Å². The molecule has 0 heterocycles. The number of nitrogens with zero attached hydrogens (tertiary/aromatic N) is 1. The van der Waals surface area contributed by atoms with Gasteiger partial charge in [-0.05, 0) is 48.2 Å². The normalized spacial score (nSPS) is 13.9. The number of hydrogen-bond donors (Lipinski definition) is 0. The summed E-state index contributed by atoms with van der Waals surface area (Å²) in [6, 6.07) is 12.6. The fourth-order valence-corrected chi connectivity index (χ4v) is 2.56.